The van der Waals surface area contributed by atoms with Gasteiger partial charge in [-0.1, -0.05) is 0 Å². The molecular weight excluding hydrogens is 218 g/mol. The molecule has 0 spiro atoms. The Balaban J connectivity index is 1.97. The molecule has 1 aromatic carbocycles. The van der Waals surface area contributed by atoms with Crippen LogP contribution >= 0.6 is 0 Å². The van der Waals surface area contributed by atoms with Crippen LogP contribution in [0.2, 0.25) is 0 Å². The normalized spacial score (nSPS) is 19.6. The highest BCUT2D eigenvalue weighted by Gasteiger charge is 2.22. The number of benzene rings is 1. The Bertz CT molecular complexity index is 501. The minimum Gasteiger partial charge on any atom is -0.399 e. The van der Waals surface area contributed by atoms with Crippen LogP contribution in [0.5, 0.6) is 0 Å². The Morgan fingerprint density at radius 2 is 2.12 bits per heavy atom. The maximum absolute atomic E-state index is 5.66. The van der Waals surface area contributed by atoms with E-state index in [2.05, 4.69) is 15.5 Å². The molecule has 2 heterocycles. The Labute approximate surface area is 98.4 Å². The van der Waals surface area contributed by atoms with Crippen molar-refractivity contribution in [3.8, 4) is 11.4 Å². The van der Waals surface area contributed by atoms with E-state index < -0.39 is 0 Å². The molecule has 1 atom stereocenters. The Kier molecular flexibility index (Phi) is 2.49. The zero-order valence-corrected chi connectivity index (χ0v) is 9.28. The second kappa shape index (κ2) is 4.14. The molecule has 88 valence electrons. The summed E-state index contributed by atoms with van der Waals surface area (Å²) in [7, 11) is 0. The first kappa shape index (κ1) is 10.2. The quantitative estimate of drug-likeness (QED) is 0.776. The number of tetrazole rings is 1. The van der Waals surface area contributed by atoms with Crippen molar-refractivity contribution in [3.63, 3.8) is 0 Å². The van der Waals surface area contributed by atoms with Gasteiger partial charge in [-0.05, 0) is 41.1 Å². The second-order valence-corrected chi connectivity index (χ2v) is 4.09. The number of rotatable bonds is 2. The van der Waals surface area contributed by atoms with E-state index in [1.54, 1.807) is 0 Å². The van der Waals surface area contributed by atoms with Crippen molar-refractivity contribution in [2.75, 3.05) is 18.9 Å². The van der Waals surface area contributed by atoms with Crippen LogP contribution in [0.25, 0.3) is 11.4 Å². The summed E-state index contributed by atoms with van der Waals surface area (Å²) in [5.41, 5.74) is 7.36. The third kappa shape index (κ3) is 1.87. The van der Waals surface area contributed by atoms with E-state index in [0.29, 0.717) is 6.61 Å². The highest BCUT2D eigenvalue weighted by Crippen LogP contribution is 2.24. The summed E-state index contributed by atoms with van der Waals surface area (Å²) < 4.78 is 7.19. The average molecular weight is 231 g/mol. The summed E-state index contributed by atoms with van der Waals surface area (Å²) in [6.07, 6.45) is 0.951. The van der Waals surface area contributed by atoms with Gasteiger partial charge in [0.15, 0.2) is 5.82 Å². The van der Waals surface area contributed by atoms with Gasteiger partial charge in [-0.15, -0.1) is 5.10 Å². The molecule has 1 aromatic heterocycles. The van der Waals surface area contributed by atoms with Gasteiger partial charge in [0.2, 0.25) is 0 Å². The fourth-order valence-electron chi connectivity index (χ4n) is 1.98. The lowest BCUT2D eigenvalue weighted by Crippen LogP contribution is -2.12. The minimum atomic E-state index is 0.234. The van der Waals surface area contributed by atoms with Gasteiger partial charge >= 0.3 is 0 Å². The Morgan fingerprint density at radius 3 is 2.82 bits per heavy atom. The van der Waals surface area contributed by atoms with Gasteiger partial charge in [0.1, 0.15) is 0 Å². The maximum atomic E-state index is 5.66. The van der Waals surface area contributed by atoms with Crippen molar-refractivity contribution < 1.29 is 4.74 Å². The third-order valence-corrected chi connectivity index (χ3v) is 2.91. The zero-order chi connectivity index (χ0) is 11.7. The molecule has 2 aromatic rings. The number of aromatic nitrogens is 4. The smallest absolute Gasteiger partial charge is 0.182 e. The van der Waals surface area contributed by atoms with Crippen LogP contribution in [0.4, 0.5) is 5.69 Å². The van der Waals surface area contributed by atoms with Crippen molar-refractivity contribution in [1.29, 1.82) is 0 Å². The van der Waals surface area contributed by atoms with E-state index in [4.69, 9.17) is 10.5 Å². The van der Waals surface area contributed by atoms with E-state index in [1.807, 2.05) is 28.9 Å². The van der Waals surface area contributed by atoms with Crippen molar-refractivity contribution in [3.05, 3.63) is 24.3 Å². The minimum absolute atomic E-state index is 0.234. The predicted octanol–water partition coefficient (Wildman–Crippen LogP) is 0.884. The summed E-state index contributed by atoms with van der Waals surface area (Å²) in [6, 6.07) is 7.78. The summed E-state index contributed by atoms with van der Waals surface area (Å²) in [6.45, 7) is 1.44. The first-order valence-electron chi connectivity index (χ1n) is 5.56. The number of nitrogen functional groups attached to an aromatic ring is 1. The molecule has 6 heteroatoms. The fourth-order valence-corrected chi connectivity index (χ4v) is 1.98. The third-order valence-electron chi connectivity index (χ3n) is 2.91. The molecule has 0 saturated carbocycles. The molecule has 0 amide bonds. The molecule has 0 radical (unpaired) electrons. The Hall–Kier alpha value is -1.95. The van der Waals surface area contributed by atoms with Crippen LogP contribution in [-0.4, -0.2) is 33.4 Å². The summed E-state index contributed by atoms with van der Waals surface area (Å²) in [5, 5.41) is 11.8. The van der Waals surface area contributed by atoms with Crippen molar-refractivity contribution >= 4 is 5.69 Å². The van der Waals surface area contributed by atoms with Gasteiger partial charge in [0.25, 0.3) is 0 Å². The van der Waals surface area contributed by atoms with Crippen LogP contribution in [0, 0.1) is 0 Å². The predicted molar refractivity (Wildman–Crippen MR) is 62.1 cm³/mol. The summed E-state index contributed by atoms with van der Waals surface area (Å²) >= 11 is 0. The first-order valence-corrected chi connectivity index (χ1v) is 5.56. The van der Waals surface area contributed by atoms with E-state index >= 15 is 0 Å². The summed E-state index contributed by atoms with van der Waals surface area (Å²) in [5.74, 6) is 0.764. The molecule has 3 rings (SSSR count). The van der Waals surface area contributed by atoms with Gasteiger partial charge in [-0.2, -0.15) is 0 Å². The molecule has 6 nitrogen and oxygen atoms in total. The zero-order valence-electron chi connectivity index (χ0n) is 9.28. The molecule has 2 N–H and O–H groups in total. The lowest BCUT2D eigenvalue weighted by molar-refractivity contribution is 0.184. The van der Waals surface area contributed by atoms with Crippen LogP contribution in [-0.2, 0) is 4.74 Å². The highest BCUT2D eigenvalue weighted by atomic mass is 16.5. The van der Waals surface area contributed by atoms with Crippen LogP contribution in [0.3, 0.4) is 0 Å². The molecule has 1 saturated heterocycles. The lowest BCUT2D eigenvalue weighted by Gasteiger charge is -2.09. The largest absolute Gasteiger partial charge is 0.399 e. The standard InChI is InChI=1S/C11H13N5O/c12-9-3-1-8(2-4-9)11-13-14-15-16(11)10-5-6-17-7-10/h1-4,10H,5-7,12H2. The van der Waals surface area contributed by atoms with Gasteiger partial charge in [0.05, 0.1) is 12.6 Å². The molecule has 1 unspecified atom stereocenters. The number of anilines is 1. The van der Waals surface area contributed by atoms with Gasteiger partial charge in [0, 0.05) is 17.9 Å². The number of hydrogen-bond donors (Lipinski definition) is 1. The Morgan fingerprint density at radius 1 is 1.29 bits per heavy atom. The first-order chi connectivity index (χ1) is 8.34. The van der Waals surface area contributed by atoms with Gasteiger partial charge in [-0.3, -0.25) is 0 Å². The number of nitrogens with two attached hydrogens (primary N) is 1. The van der Waals surface area contributed by atoms with Crippen LogP contribution < -0.4 is 5.73 Å². The summed E-state index contributed by atoms with van der Waals surface area (Å²) in [4.78, 5) is 0. The molecule has 17 heavy (non-hydrogen) atoms. The van der Waals surface area contributed by atoms with E-state index in [0.717, 1.165) is 30.1 Å². The van der Waals surface area contributed by atoms with Gasteiger partial charge < -0.3 is 10.5 Å². The number of ether oxygens (including phenoxy) is 1. The fraction of sp³-hybridized carbons (Fsp3) is 0.364. The average Bonchev–Trinajstić information content (AvgIpc) is 3.00. The molecule has 1 aliphatic rings. The number of nitrogens with zero attached hydrogens (tertiary/aromatic N) is 4. The highest BCUT2D eigenvalue weighted by molar-refractivity contribution is 5.58. The second-order valence-electron chi connectivity index (χ2n) is 4.09. The molecule has 0 aliphatic carbocycles. The molecule has 0 bridgehead atoms. The molecule has 1 aliphatic heterocycles. The van der Waals surface area contributed by atoms with E-state index in [1.165, 1.54) is 0 Å². The lowest BCUT2D eigenvalue weighted by atomic mass is 10.2. The van der Waals surface area contributed by atoms with Crippen LogP contribution in [0.15, 0.2) is 24.3 Å². The van der Waals surface area contributed by atoms with Crippen LogP contribution in [0.1, 0.15) is 12.5 Å². The van der Waals surface area contributed by atoms with E-state index in [-0.39, 0.29) is 6.04 Å². The topological polar surface area (TPSA) is 78.9 Å². The van der Waals surface area contributed by atoms with Gasteiger partial charge in [-0.25, -0.2) is 4.68 Å². The van der Waals surface area contributed by atoms with Crippen molar-refractivity contribution in [2.45, 2.75) is 12.5 Å². The maximum Gasteiger partial charge on any atom is 0.182 e. The molecule has 1 fully saturated rings. The van der Waals surface area contributed by atoms with E-state index in [9.17, 15) is 0 Å². The monoisotopic (exact) mass is 231 g/mol. The van der Waals surface area contributed by atoms with Crippen molar-refractivity contribution in [2.24, 2.45) is 0 Å². The van der Waals surface area contributed by atoms with Crippen molar-refractivity contribution in [1.82, 2.24) is 20.2 Å². The molecular formula is C11H13N5O. The SMILES string of the molecule is Nc1ccc(-c2nnnn2C2CCOC2)cc1. The number of hydrogen-bond acceptors (Lipinski definition) is 5.